The topological polar surface area (TPSA) is 49.8 Å². The molecule has 20 heavy (non-hydrogen) atoms. The van der Waals surface area contributed by atoms with Crippen LogP contribution in [0.1, 0.15) is 35.7 Å². The van der Waals surface area contributed by atoms with Crippen molar-refractivity contribution in [2.75, 3.05) is 20.2 Å². The van der Waals surface area contributed by atoms with E-state index < -0.39 is 5.60 Å². The lowest BCUT2D eigenvalue weighted by atomic mass is 9.95. The van der Waals surface area contributed by atoms with Crippen LogP contribution in [0.15, 0.2) is 22.7 Å². The summed E-state index contributed by atoms with van der Waals surface area (Å²) in [5.74, 6) is -0.335. The maximum Gasteiger partial charge on any atom is 0.337 e. The molecule has 1 aromatic carbocycles. The van der Waals surface area contributed by atoms with Gasteiger partial charge in [0.05, 0.1) is 18.3 Å². The van der Waals surface area contributed by atoms with Crippen LogP contribution in [0, 0.1) is 0 Å². The minimum atomic E-state index is -0.601. The quantitative estimate of drug-likeness (QED) is 0.858. The van der Waals surface area contributed by atoms with Crippen LogP contribution in [0.5, 0.6) is 0 Å². The highest BCUT2D eigenvalue weighted by Gasteiger charge is 2.28. The highest BCUT2D eigenvalue weighted by atomic mass is 79.9. The van der Waals surface area contributed by atoms with Gasteiger partial charge >= 0.3 is 5.97 Å². The Bertz CT molecular complexity index is 502. The summed E-state index contributed by atoms with van der Waals surface area (Å²) in [6.07, 6.45) is 1.86. The number of benzene rings is 1. The van der Waals surface area contributed by atoms with Gasteiger partial charge in [-0.3, -0.25) is 4.90 Å². The molecule has 1 unspecified atom stereocenters. The van der Waals surface area contributed by atoms with Gasteiger partial charge < -0.3 is 9.84 Å². The van der Waals surface area contributed by atoms with E-state index in [2.05, 4.69) is 20.8 Å². The van der Waals surface area contributed by atoms with Gasteiger partial charge in [0.15, 0.2) is 0 Å². The summed E-state index contributed by atoms with van der Waals surface area (Å²) in [4.78, 5) is 13.7. The number of nitrogens with zero attached hydrogens (tertiary/aromatic N) is 1. The van der Waals surface area contributed by atoms with Gasteiger partial charge in [0, 0.05) is 17.6 Å². The van der Waals surface area contributed by atoms with Gasteiger partial charge in [0.25, 0.3) is 0 Å². The van der Waals surface area contributed by atoms with Gasteiger partial charge in [-0.05, 0) is 44.0 Å². The number of halogens is 1. The average Bonchev–Trinajstić information content (AvgIpc) is 2.39. The second kappa shape index (κ2) is 6.24. The molecule has 0 aromatic heterocycles. The predicted octanol–water partition coefficient (Wildman–Crippen LogP) is 2.58. The van der Waals surface area contributed by atoms with E-state index in [1.165, 1.54) is 7.11 Å². The fourth-order valence-electron chi connectivity index (χ4n) is 2.62. The van der Waals surface area contributed by atoms with Crippen LogP contribution < -0.4 is 0 Å². The summed E-state index contributed by atoms with van der Waals surface area (Å²) in [6, 6.07) is 5.48. The molecule has 4 nitrogen and oxygen atoms in total. The smallest absolute Gasteiger partial charge is 0.337 e. The third-order valence-electron chi connectivity index (χ3n) is 3.62. The fraction of sp³-hybridized carbons (Fsp3) is 0.533. The molecule has 5 heteroatoms. The van der Waals surface area contributed by atoms with Crippen molar-refractivity contribution in [3.8, 4) is 0 Å². The van der Waals surface area contributed by atoms with E-state index >= 15 is 0 Å². The number of aliphatic hydroxyl groups is 1. The number of carbonyl (C=O) groups excluding carboxylic acids is 1. The van der Waals surface area contributed by atoms with Crippen LogP contribution in [-0.2, 0) is 11.3 Å². The van der Waals surface area contributed by atoms with Crippen LogP contribution in [0.2, 0.25) is 0 Å². The Labute approximate surface area is 127 Å². The van der Waals surface area contributed by atoms with Gasteiger partial charge in [-0.25, -0.2) is 4.79 Å². The molecule has 1 saturated heterocycles. The third-order valence-corrected chi connectivity index (χ3v) is 4.36. The number of β-amino-alcohol motifs (C(OH)–C–C–N with tert-alkyl or cyclic N) is 1. The van der Waals surface area contributed by atoms with Gasteiger partial charge in [0.2, 0.25) is 0 Å². The second-order valence-electron chi connectivity index (χ2n) is 5.61. The first-order valence-electron chi connectivity index (χ1n) is 6.73. The van der Waals surface area contributed by atoms with Gasteiger partial charge in [-0.2, -0.15) is 0 Å². The zero-order valence-electron chi connectivity index (χ0n) is 11.9. The predicted molar refractivity (Wildman–Crippen MR) is 80.6 cm³/mol. The lowest BCUT2D eigenvalue weighted by Crippen LogP contribution is -2.45. The standard InChI is InChI=1S/C15H20BrNO3/c1-15(19)6-3-7-17(10-15)9-12-5-4-11(8-13(12)16)14(18)20-2/h4-5,8,19H,3,6-7,9-10H2,1-2H3. The molecule has 0 spiro atoms. The van der Waals surface area contributed by atoms with Gasteiger partial charge in [-0.15, -0.1) is 0 Å². The van der Waals surface area contributed by atoms with Crippen molar-refractivity contribution in [1.82, 2.24) is 4.90 Å². The van der Waals surface area contributed by atoms with Crippen molar-refractivity contribution < 1.29 is 14.6 Å². The number of rotatable bonds is 3. The highest BCUT2D eigenvalue weighted by Crippen LogP contribution is 2.25. The normalized spacial score (nSPS) is 23.6. The average molecular weight is 342 g/mol. The lowest BCUT2D eigenvalue weighted by Gasteiger charge is -2.37. The van der Waals surface area contributed by atoms with Crippen LogP contribution in [0.25, 0.3) is 0 Å². The monoisotopic (exact) mass is 341 g/mol. The molecule has 1 aromatic rings. The first-order valence-corrected chi connectivity index (χ1v) is 7.52. The number of ether oxygens (including phenoxy) is 1. The maximum absolute atomic E-state index is 11.5. The van der Waals surface area contributed by atoms with Crippen LogP contribution in [-0.4, -0.2) is 41.8 Å². The van der Waals surface area contributed by atoms with E-state index in [0.29, 0.717) is 12.1 Å². The third kappa shape index (κ3) is 3.81. The van der Waals surface area contributed by atoms with Crippen molar-refractivity contribution >= 4 is 21.9 Å². The molecule has 1 aliphatic rings. The molecule has 0 aliphatic carbocycles. The Kier molecular flexibility index (Phi) is 4.83. The Morgan fingerprint density at radius 1 is 1.55 bits per heavy atom. The van der Waals surface area contributed by atoms with E-state index in [1.807, 2.05) is 13.0 Å². The SMILES string of the molecule is COC(=O)c1ccc(CN2CCCC(C)(O)C2)c(Br)c1. The number of piperidine rings is 1. The Balaban J connectivity index is 2.08. The number of hydrogen-bond acceptors (Lipinski definition) is 4. The van der Waals surface area contributed by atoms with Crippen LogP contribution in [0.4, 0.5) is 0 Å². The van der Waals surface area contributed by atoms with Crippen molar-refractivity contribution in [3.05, 3.63) is 33.8 Å². The number of esters is 1. The highest BCUT2D eigenvalue weighted by molar-refractivity contribution is 9.10. The zero-order chi connectivity index (χ0) is 14.8. The molecule has 2 rings (SSSR count). The van der Waals surface area contributed by atoms with E-state index in [1.54, 1.807) is 12.1 Å². The fourth-order valence-corrected chi connectivity index (χ4v) is 3.12. The minimum absolute atomic E-state index is 0.335. The number of methoxy groups -OCH3 is 1. The Hall–Kier alpha value is -0.910. The number of likely N-dealkylation sites (tertiary alicyclic amines) is 1. The van der Waals surface area contributed by atoms with E-state index in [9.17, 15) is 9.90 Å². The van der Waals surface area contributed by atoms with E-state index in [-0.39, 0.29) is 5.97 Å². The van der Waals surface area contributed by atoms with Crippen molar-refractivity contribution in [2.45, 2.75) is 31.9 Å². The molecule has 1 heterocycles. The zero-order valence-corrected chi connectivity index (χ0v) is 13.4. The minimum Gasteiger partial charge on any atom is -0.465 e. The molecule has 110 valence electrons. The second-order valence-corrected chi connectivity index (χ2v) is 6.46. The molecular formula is C15H20BrNO3. The summed E-state index contributed by atoms with van der Waals surface area (Å²) in [5.41, 5.74) is 1.04. The summed E-state index contributed by atoms with van der Waals surface area (Å²) in [6.45, 7) is 4.31. The van der Waals surface area contributed by atoms with Gasteiger partial charge in [-0.1, -0.05) is 22.0 Å². The molecule has 1 fully saturated rings. The first kappa shape index (κ1) is 15.5. The maximum atomic E-state index is 11.5. The van der Waals surface area contributed by atoms with Crippen molar-refractivity contribution in [2.24, 2.45) is 0 Å². The molecule has 1 atom stereocenters. The van der Waals surface area contributed by atoms with Gasteiger partial charge in [0.1, 0.15) is 0 Å². The van der Waals surface area contributed by atoms with Crippen LogP contribution in [0.3, 0.4) is 0 Å². The molecule has 1 aliphatic heterocycles. The largest absolute Gasteiger partial charge is 0.465 e. The summed E-state index contributed by atoms with van der Waals surface area (Å²) >= 11 is 3.50. The molecular weight excluding hydrogens is 322 g/mol. The summed E-state index contributed by atoms with van der Waals surface area (Å²) in [7, 11) is 1.37. The molecule has 1 N–H and O–H groups in total. The molecule has 0 saturated carbocycles. The van der Waals surface area contributed by atoms with Crippen molar-refractivity contribution in [3.63, 3.8) is 0 Å². The number of carbonyl (C=O) groups is 1. The van der Waals surface area contributed by atoms with E-state index in [4.69, 9.17) is 4.74 Å². The van der Waals surface area contributed by atoms with Crippen LogP contribution >= 0.6 is 15.9 Å². The summed E-state index contributed by atoms with van der Waals surface area (Å²) < 4.78 is 5.60. The Morgan fingerprint density at radius 3 is 2.90 bits per heavy atom. The van der Waals surface area contributed by atoms with Crippen molar-refractivity contribution in [1.29, 1.82) is 0 Å². The number of hydrogen-bond donors (Lipinski definition) is 1. The summed E-state index contributed by atoms with van der Waals surface area (Å²) in [5, 5.41) is 10.1. The Morgan fingerprint density at radius 2 is 2.30 bits per heavy atom. The molecule has 0 bridgehead atoms. The van der Waals surface area contributed by atoms with E-state index in [0.717, 1.165) is 36.0 Å². The lowest BCUT2D eigenvalue weighted by molar-refractivity contribution is -0.0182. The molecule has 0 radical (unpaired) electrons. The first-order chi connectivity index (χ1) is 9.41. The molecule has 0 amide bonds.